The van der Waals surface area contributed by atoms with Crippen molar-refractivity contribution in [2.24, 2.45) is 5.92 Å². The molecule has 4 nitrogen and oxygen atoms in total. The van der Waals surface area contributed by atoms with Gasteiger partial charge < -0.3 is 10.4 Å². The molecule has 0 heterocycles. The molecule has 0 radical (unpaired) electrons. The quantitative estimate of drug-likeness (QED) is 0.875. The number of carbonyl (C=O) groups excluding carboxylic acids is 1. The Morgan fingerprint density at radius 1 is 1.21 bits per heavy atom. The zero-order valence-electron chi connectivity index (χ0n) is 11.1. The van der Waals surface area contributed by atoms with Crippen molar-refractivity contribution in [2.75, 3.05) is 0 Å². The molecular formula is C15H19NO3. The zero-order valence-corrected chi connectivity index (χ0v) is 11.1. The van der Waals surface area contributed by atoms with Gasteiger partial charge in [-0.15, -0.1) is 0 Å². The standard InChI is InChI=1S/C15H19NO3/c1-10(11-6-2-3-7-11)16-14(17)12-8-4-5-9-13(12)15(18)19/h4-5,8-11H,2-3,6-7H2,1H3,(H,16,17)(H,18,19). The molecule has 1 atom stereocenters. The highest BCUT2D eigenvalue weighted by Gasteiger charge is 2.24. The average Bonchev–Trinajstić information content (AvgIpc) is 2.92. The van der Waals surface area contributed by atoms with Crippen LogP contribution in [-0.4, -0.2) is 23.0 Å². The summed E-state index contributed by atoms with van der Waals surface area (Å²) in [6.07, 6.45) is 4.72. The number of carbonyl (C=O) groups is 2. The van der Waals surface area contributed by atoms with E-state index in [2.05, 4.69) is 5.32 Å². The van der Waals surface area contributed by atoms with Gasteiger partial charge in [0, 0.05) is 6.04 Å². The van der Waals surface area contributed by atoms with Gasteiger partial charge in [0.15, 0.2) is 0 Å². The summed E-state index contributed by atoms with van der Waals surface area (Å²) >= 11 is 0. The Balaban J connectivity index is 2.09. The molecule has 1 aromatic rings. The Kier molecular flexibility index (Phi) is 4.20. The van der Waals surface area contributed by atoms with Crippen molar-refractivity contribution in [3.63, 3.8) is 0 Å². The lowest BCUT2D eigenvalue weighted by Gasteiger charge is -2.20. The maximum absolute atomic E-state index is 12.2. The summed E-state index contributed by atoms with van der Waals surface area (Å²) in [5.74, 6) is -0.849. The molecule has 1 aliphatic carbocycles. The minimum absolute atomic E-state index is 0.0543. The summed E-state index contributed by atoms with van der Waals surface area (Å²) in [5.41, 5.74) is 0.290. The Bertz CT molecular complexity index is 478. The van der Waals surface area contributed by atoms with Crippen molar-refractivity contribution in [1.29, 1.82) is 0 Å². The number of carboxylic acids is 1. The summed E-state index contributed by atoms with van der Waals surface area (Å²) < 4.78 is 0. The largest absolute Gasteiger partial charge is 0.478 e. The van der Waals surface area contributed by atoms with Crippen LogP contribution in [0.2, 0.25) is 0 Å². The van der Waals surface area contributed by atoms with Crippen molar-refractivity contribution in [2.45, 2.75) is 38.6 Å². The fourth-order valence-electron chi connectivity index (χ4n) is 2.73. The molecule has 0 saturated heterocycles. The first-order chi connectivity index (χ1) is 9.09. The van der Waals surface area contributed by atoms with E-state index in [4.69, 9.17) is 5.11 Å². The maximum Gasteiger partial charge on any atom is 0.336 e. The molecule has 4 heteroatoms. The summed E-state index contributed by atoms with van der Waals surface area (Å²) in [6.45, 7) is 2.00. The van der Waals surface area contributed by atoms with Crippen molar-refractivity contribution < 1.29 is 14.7 Å². The lowest BCUT2D eigenvalue weighted by Crippen LogP contribution is -2.37. The van der Waals surface area contributed by atoms with E-state index >= 15 is 0 Å². The van der Waals surface area contributed by atoms with E-state index < -0.39 is 5.97 Å². The molecule has 1 amide bonds. The summed E-state index contributed by atoms with van der Waals surface area (Å²) in [5, 5.41) is 12.0. The normalized spacial score (nSPS) is 17.1. The SMILES string of the molecule is CC(NC(=O)c1ccccc1C(=O)O)C1CCCC1. The molecule has 1 unspecified atom stereocenters. The van der Waals surface area contributed by atoms with E-state index in [9.17, 15) is 9.59 Å². The molecule has 1 aliphatic rings. The van der Waals surface area contributed by atoms with Gasteiger partial charge >= 0.3 is 5.97 Å². The third-order valence-electron chi connectivity index (χ3n) is 3.87. The van der Waals surface area contributed by atoms with Gasteiger partial charge in [-0.2, -0.15) is 0 Å². The molecule has 0 spiro atoms. The van der Waals surface area contributed by atoms with Crippen LogP contribution in [0.4, 0.5) is 0 Å². The third kappa shape index (κ3) is 3.13. The van der Waals surface area contributed by atoms with Crippen molar-refractivity contribution in [3.8, 4) is 0 Å². The number of aromatic carboxylic acids is 1. The van der Waals surface area contributed by atoms with Crippen molar-refractivity contribution in [1.82, 2.24) is 5.32 Å². The lowest BCUT2D eigenvalue weighted by atomic mass is 9.99. The minimum atomic E-state index is -1.07. The molecule has 0 bridgehead atoms. The number of hydrogen-bond acceptors (Lipinski definition) is 2. The molecule has 2 N–H and O–H groups in total. The molecular weight excluding hydrogens is 242 g/mol. The first kappa shape index (κ1) is 13.6. The van der Waals surface area contributed by atoms with Crippen molar-refractivity contribution >= 4 is 11.9 Å². The Morgan fingerprint density at radius 2 is 1.79 bits per heavy atom. The molecule has 0 aromatic heterocycles. The van der Waals surface area contributed by atoms with Crippen LogP contribution in [-0.2, 0) is 0 Å². The molecule has 1 saturated carbocycles. The van der Waals surface area contributed by atoms with Crippen LogP contribution in [0.15, 0.2) is 24.3 Å². The maximum atomic E-state index is 12.2. The van der Waals surface area contributed by atoms with E-state index in [1.54, 1.807) is 18.2 Å². The van der Waals surface area contributed by atoms with Crippen LogP contribution in [0, 0.1) is 5.92 Å². The average molecular weight is 261 g/mol. The number of amides is 1. The van der Waals surface area contributed by atoms with Crippen molar-refractivity contribution in [3.05, 3.63) is 35.4 Å². The van der Waals surface area contributed by atoms with Crippen LogP contribution >= 0.6 is 0 Å². The van der Waals surface area contributed by atoms with Crippen LogP contribution in [0.3, 0.4) is 0 Å². The summed E-state index contributed by atoms with van der Waals surface area (Å²) in [4.78, 5) is 23.3. The second-order valence-electron chi connectivity index (χ2n) is 5.16. The molecule has 1 fully saturated rings. The van der Waals surface area contributed by atoms with Crippen LogP contribution in [0.1, 0.15) is 53.3 Å². The molecule has 19 heavy (non-hydrogen) atoms. The Labute approximate surface area is 112 Å². The van der Waals surface area contributed by atoms with Gasteiger partial charge in [-0.25, -0.2) is 4.79 Å². The van der Waals surface area contributed by atoms with Gasteiger partial charge in [0.1, 0.15) is 0 Å². The van der Waals surface area contributed by atoms with E-state index in [0.29, 0.717) is 5.92 Å². The Morgan fingerprint density at radius 3 is 2.37 bits per heavy atom. The predicted molar refractivity (Wildman–Crippen MR) is 72.3 cm³/mol. The van der Waals surface area contributed by atoms with E-state index in [0.717, 1.165) is 12.8 Å². The van der Waals surface area contributed by atoms with E-state index in [1.165, 1.54) is 18.9 Å². The van der Waals surface area contributed by atoms with Gasteiger partial charge in [-0.3, -0.25) is 4.79 Å². The fraction of sp³-hybridized carbons (Fsp3) is 0.467. The number of nitrogens with one attached hydrogen (secondary N) is 1. The first-order valence-electron chi connectivity index (χ1n) is 6.73. The van der Waals surface area contributed by atoms with E-state index in [-0.39, 0.29) is 23.1 Å². The minimum Gasteiger partial charge on any atom is -0.478 e. The molecule has 1 aromatic carbocycles. The number of rotatable bonds is 4. The topological polar surface area (TPSA) is 66.4 Å². The zero-order chi connectivity index (χ0) is 13.8. The highest BCUT2D eigenvalue weighted by atomic mass is 16.4. The Hall–Kier alpha value is -1.84. The van der Waals surface area contributed by atoms with Gasteiger partial charge in [0.2, 0.25) is 0 Å². The van der Waals surface area contributed by atoms with Crippen LogP contribution < -0.4 is 5.32 Å². The van der Waals surface area contributed by atoms with Gasteiger partial charge in [-0.05, 0) is 37.8 Å². The number of benzene rings is 1. The smallest absolute Gasteiger partial charge is 0.336 e. The van der Waals surface area contributed by atoms with Crippen LogP contribution in [0.5, 0.6) is 0 Å². The number of carboxylic acid groups (broad SMARTS) is 1. The second-order valence-corrected chi connectivity index (χ2v) is 5.16. The highest BCUT2D eigenvalue weighted by Crippen LogP contribution is 2.27. The first-order valence-corrected chi connectivity index (χ1v) is 6.73. The predicted octanol–water partition coefficient (Wildman–Crippen LogP) is 2.69. The van der Waals surface area contributed by atoms with Gasteiger partial charge in [0.25, 0.3) is 5.91 Å². The fourth-order valence-corrected chi connectivity index (χ4v) is 2.73. The molecule has 102 valence electrons. The third-order valence-corrected chi connectivity index (χ3v) is 3.87. The van der Waals surface area contributed by atoms with Gasteiger partial charge in [-0.1, -0.05) is 25.0 Å². The second kappa shape index (κ2) is 5.87. The lowest BCUT2D eigenvalue weighted by molar-refractivity contribution is 0.0690. The van der Waals surface area contributed by atoms with Gasteiger partial charge in [0.05, 0.1) is 11.1 Å². The summed E-state index contributed by atoms with van der Waals surface area (Å²) in [7, 11) is 0. The molecule has 2 rings (SSSR count). The number of hydrogen-bond donors (Lipinski definition) is 2. The van der Waals surface area contributed by atoms with Crippen LogP contribution in [0.25, 0.3) is 0 Å². The molecule has 0 aliphatic heterocycles. The summed E-state index contributed by atoms with van der Waals surface area (Å²) in [6, 6.07) is 6.41. The highest BCUT2D eigenvalue weighted by molar-refractivity contribution is 6.04. The monoisotopic (exact) mass is 261 g/mol. The van der Waals surface area contributed by atoms with E-state index in [1.807, 2.05) is 6.92 Å².